The molecule has 0 bridgehead atoms. The average molecular weight is 469 g/mol. The fourth-order valence-electron chi connectivity index (χ4n) is 3.81. The topological polar surface area (TPSA) is 89.7 Å². The van der Waals surface area contributed by atoms with Crippen LogP contribution in [-0.4, -0.2) is 47.4 Å². The van der Waals surface area contributed by atoms with Crippen molar-refractivity contribution in [2.75, 3.05) is 26.4 Å². The Labute approximate surface area is 197 Å². The lowest BCUT2D eigenvalue weighted by Gasteiger charge is -2.35. The molecule has 33 heavy (non-hydrogen) atoms. The number of amides is 2. The zero-order chi connectivity index (χ0) is 23.2. The molecule has 0 fully saturated rings. The highest BCUT2D eigenvalue weighted by Gasteiger charge is 2.35. The van der Waals surface area contributed by atoms with Gasteiger partial charge in [-0.1, -0.05) is 23.4 Å². The van der Waals surface area contributed by atoms with Gasteiger partial charge in [0.05, 0.1) is 23.1 Å². The molecule has 1 aliphatic heterocycles. The number of carbonyl (C=O) groups is 1. The first-order valence-electron chi connectivity index (χ1n) is 11.1. The first kappa shape index (κ1) is 23.0. The Balaban J connectivity index is 1.70. The van der Waals surface area contributed by atoms with E-state index in [-0.39, 0.29) is 6.03 Å². The summed E-state index contributed by atoms with van der Waals surface area (Å²) in [6.07, 6.45) is 0.726. The highest BCUT2D eigenvalue weighted by Crippen LogP contribution is 2.38. The van der Waals surface area contributed by atoms with E-state index in [1.165, 1.54) is 0 Å². The summed E-state index contributed by atoms with van der Waals surface area (Å²) in [5.74, 6) is 1.70. The van der Waals surface area contributed by atoms with E-state index in [4.69, 9.17) is 14.0 Å². The molecule has 8 nitrogen and oxygen atoms in total. The fourth-order valence-corrected chi connectivity index (χ4v) is 4.46. The number of rotatable bonds is 10. The zero-order valence-electron chi connectivity index (χ0n) is 19.0. The molecule has 0 aliphatic carbocycles. The molecule has 2 aromatic heterocycles. The highest BCUT2D eigenvalue weighted by atomic mass is 32.1. The van der Waals surface area contributed by atoms with Gasteiger partial charge in [-0.05, 0) is 56.3 Å². The van der Waals surface area contributed by atoms with Crippen molar-refractivity contribution in [2.45, 2.75) is 33.2 Å². The van der Waals surface area contributed by atoms with Crippen LogP contribution in [0.1, 0.15) is 44.7 Å². The van der Waals surface area contributed by atoms with Gasteiger partial charge in [0.25, 0.3) is 5.89 Å². The van der Waals surface area contributed by atoms with E-state index in [0.29, 0.717) is 38.1 Å². The van der Waals surface area contributed by atoms with E-state index in [0.717, 1.165) is 33.9 Å². The number of nitrogens with zero attached hydrogens (tertiary/aromatic N) is 3. The number of ether oxygens (including phenoxy) is 2. The molecule has 0 saturated carbocycles. The maximum Gasteiger partial charge on any atom is 0.322 e. The molecule has 2 amide bonds. The Morgan fingerprint density at radius 1 is 1.18 bits per heavy atom. The summed E-state index contributed by atoms with van der Waals surface area (Å²) in [5, 5.41) is 9.28. The first-order valence-corrected chi connectivity index (χ1v) is 12.0. The number of hydrogen-bond acceptors (Lipinski definition) is 7. The molecule has 9 heteroatoms. The summed E-state index contributed by atoms with van der Waals surface area (Å²) in [7, 11) is 0. The largest absolute Gasteiger partial charge is 0.494 e. The summed E-state index contributed by atoms with van der Waals surface area (Å²) in [4.78, 5) is 20.3. The molecule has 0 saturated heterocycles. The van der Waals surface area contributed by atoms with E-state index < -0.39 is 6.04 Å². The summed E-state index contributed by atoms with van der Waals surface area (Å²) in [6.45, 7) is 8.19. The van der Waals surface area contributed by atoms with Gasteiger partial charge in [0.15, 0.2) is 0 Å². The molecular weight excluding hydrogens is 440 g/mol. The lowest BCUT2D eigenvalue weighted by molar-refractivity contribution is 0.136. The van der Waals surface area contributed by atoms with Gasteiger partial charge in [-0.2, -0.15) is 4.98 Å². The Kier molecular flexibility index (Phi) is 7.41. The van der Waals surface area contributed by atoms with Gasteiger partial charge in [0.2, 0.25) is 5.82 Å². The Hall–Kier alpha value is -3.17. The van der Waals surface area contributed by atoms with Crippen molar-refractivity contribution in [3.8, 4) is 16.5 Å². The van der Waals surface area contributed by atoms with Crippen molar-refractivity contribution >= 4 is 22.9 Å². The maximum atomic E-state index is 13.0. The van der Waals surface area contributed by atoms with Crippen LogP contribution in [0.15, 0.2) is 52.0 Å². The third-order valence-corrected chi connectivity index (χ3v) is 6.26. The molecule has 0 radical (unpaired) electrons. The lowest BCUT2D eigenvalue weighted by atomic mass is 9.94. The van der Waals surface area contributed by atoms with Crippen molar-refractivity contribution in [3.63, 3.8) is 0 Å². The number of benzene rings is 1. The van der Waals surface area contributed by atoms with Crippen LogP contribution in [0.5, 0.6) is 5.75 Å². The molecule has 1 atom stereocenters. The van der Waals surface area contributed by atoms with Gasteiger partial charge < -0.3 is 19.3 Å². The van der Waals surface area contributed by atoms with Crippen molar-refractivity contribution in [1.29, 1.82) is 0 Å². The Morgan fingerprint density at radius 2 is 2.00 bits per heavy atom. The lowest BCUT2D eigenvalue weighted by Crippen LogP contribution is -2.46. The predicted octanol–water partition coefficient (Wildman–Crippen LogP) is 5.12. The number of urea groups is 1. The Morgan fingerprint density at radius 3 is 2.70 bits per heavy atom. The minimum Gasteiger partial charge on any atom is -0.494 e. The minimum absolute atomic E-state index is 0.162. The van der Waals surface area contributed by atoms with Gasteiger partial charge in [-0.25, -0.2) is 4.79 Å². The van der Waals surface area contributed by atoms with Crippen molar-refractivity contribution < 1.29 is 18.8 Å². The van der Waals surface area contributed by atoms with Gasteiger partial charge in [0, 0.05) is 25.5 Å². The number of nitrogens with one attached hydrogen (secondary N) is 1. The van der Waals surface area contributed by atoms with E-state index in [1.54, 1.807) is 16.2 Å². The third kappa shape index (κ3) is 5.09. The van der Waals surface area contributed by atoms with E-state index in [1.807, 2.05) is 62.5 Å². The smallest absolute Gasteiger partial charge is 0.322 e. The number of aromatic nitrogens is 2. The molecule has 1 aliphatic rings. The number of carbonyl (C=O) groups excluding carboxylic acids is 1. The Bertz CT molecular complexity index is 1090. The molecule has 0 spiro atoms. The molecule has 1 aromatic carbocycles. The summed E-state index contributed by atoms with van der Waals surface area (Å²) in [5.41, 5.74) is 2.48. The number of allylic oxidation sites excluding steroid dienone is 1. The van der Waals surface area contributed by atoms with E-state index in [9.17, 15) is 4.79 Å². The van der Waals surface area contributed by atoms with Crippen LogP contribution in [0.3, 0.4) is 0 Å². The zero-order valence-corrected chi connectivity index (χ0v) is 19.9. The fraction of sp³-hybridized carbons (Fsp3) is 0.375. The molecule has 4 rings (SSSR count). The number of hydrogen-bond donors (Lipinski definition) is 1. The van der Waals surface area contributed by atoms with Gasteiger partial charge in [-0.3, -0.25) is 4.90 Å². The first-order chi connectivity index (χ1) is 16.1. The van der Waals surface area contributed by atoms with Crippen LogP contribution >= 0.6 is 11.3 Å². The van der Waals surface area contributed by atoms with Crippen LogP contribution < -0.4 is 10.1 Å². The maximum absolute atomic E-state index is 13.0. The van der Waals surface area contributed by atoms with Gasteiger partial charge in [0.1, 0.15) is 5.75 Å². The monoisotopic (exact) mass is 468 g/mol. The summed E-state index contributed by atoms with van der Waals surface area (Å²) < 4.78 is 16.7. The molecule has 3 aromatic rings. The van der Waals surface area contributed by atoms with Crippen molar-refractivity contribution in [2.24, 2.45) is 0 Å². The van der Waals surface area contributed by atoms with Crippen LogP contribution in [0.25, 0.3) is 16.3 Å². The van der Waals surface area contributed by atoms with Crippen LogP contribution in [0.2, 0.25) is 0 Å². The number of thiophene rings is 1. The average Bonchev–Trinajstić information content (AvgIpc) is 3.51. The standard InChI is InChI=1S/C24H28N4O4S/c1-4-30-14-7-13-28-16(3)20(23-26-22(27-32-23)19-8-6-15-33-19)21(25-24(28)29)17-9-11-18(12-10-17)31-5-2/h6,8-12,15,21H,4-5,7,13-14H2,1-3H3,(H,25,29). The van der Waals surface area contributed by atoms with Crippen molar-refractivity contribution in [3.05, 3.63) is 58.9 Å². The van der Waals surface area contributed by atoms with Crippen LogP contribution in [0.4, 0.5) is 4.79 Å². The quantitative estimate of drug-likeness (QED) is 0.415. The molecular formula is C24H28N4O4S. The van der Waals surface area contributed by atoms with Crippen molar-refractivity contribution in [1.82, 2.24) is 20.4 Å². The van der Waals surface area contributed by atoms with E-state index >= 15 is 0 Å². The SMILES string of the molecule is CCOCCCN1C(=O)NC(c2ccc(OCC)cc2)C(c2nc(-c3cccs3)no2)=C1C. The summed E-state index contributed by atoms with van der Waals surface area (Å²) in [6, 6.07) is 11.0. The molecule has 3 heterocycles. The second-order valence-electron chi connectivity index (χ2n) is 7.49. The summed E-state index contributed by atoms with van der Waals surface area (Å²) >= 11 is 1.55. The van der Waals surface area contributed by atoms with Crippen LogP contribution in [-0.2, 0) is 4.74 Å². The predicted molar refractivity (Wildman–Crippen MR) is 127 cm³/mol. The normalized spacial score (nSPS) is 16.3. The highest BCUT2D eigenvalue weighted by molar-refractivity contribution is 7.13. The third-order valence-electron chi connectivity index (χ3n) is 5.39. The molecule has 174 valence electrons. The second-order valence-corrected chi connectivity index (χ2v) is 8.43. The molecule has 1 N–H and O–H groups in total. The van der Waals surface area contributed by atoms with Crippen LogP contribution in [0, 0.1) is 0 Å². The molecule has 1 unspecified atom stereocenters. The minimum atomic E-state index is -0.423. The second kappa shape index (κ2) is 10.6. The van der Waals surface area contributed by atoms with Gasteiger partial charge in [-0.15, -0.1) is 11.3 Å². The van der Waals surface area contributed by atoms with E-state index in [2.05, 4.69) is 15.5 Å². The van der Waals surface area contributed by atoms with Gasteiger partial charge >= 0.3 is 6.03 Å².